The minimum absolute atomic E-state index is 0.0602. The molecular weight excluding hydrogens is 332 g/mol. The zero-order chi connectivity index (χ0) is 17.2. The van der Waals surface area contributed by atoms with Gasteiger partial charge < -0.3 is 14.8 Å². The number of hydrogen-bond acceptors (Lipinski definition) is 5. The Kier molecular flexibility index (Phi) is 4.30. The lowest BCUT2D eigenvalue weighted by molar-refractivity contribution is 0.0963. The molecule has 2 N–H and O–H groups in total. The van der Waals surface area contributed by atoms with Crippen LogP contribution in [0.4, 0.5) is 5.69 Å². The summed E-state index contributed by atoms with van der Waals surface area (Å²) in [5.74, 6) is 0.800. The molecule has 0 aromatic heterocycles. The molecule has 1 amide bonds. The average Bonchev–Trinajstić information content (AvgIpc) is 2.60. The van der Waals surface area contributed by atoms with Crippen molar-refractivity contribution in [3.63, 3.8) is 0 Å². The number of carbonyl (C=O) groups is 1. The fraction of sp³-hybridized carbons (Fsp3) is 0.188. The number of sulfonamides is 1. The number of ether oxygens (including phenoxy) is 2. The van der Waals surface area contributed by atoms with E-state index in [0.717, 1.165) is 0 Å². The lowest BCUT2D eigenvalue weighted by atomic mass is 10.2. The van der Waals surface area contributed by atoms with E-state index in [1.165, 1.54) is 31.3 Å². The minimum Gasteiger partial charge on any atom is -0.486 e. The fourth-order valence-electron chi connectivity index (χ4n) is 2.25. The smallest absolute Gasteiger partial charge is 0.261 e. The van der Waals surface area contributed by atoms with Gasteiger partial charge in [0.2, 0.25) is 0 Å². The third-order valence-corrected chi connectivity index (χ3v) is 4.85. The third-order valence-electron chi connectivity index (χ3n) is 3.45. The van der Waals surface area contributed by atoms with Crippen LogP contribution in [-0.4, -0.2) is 34.6 Å². The van der Waals surface area contributed by atoms with E-state index in [9.17, 15) is 13.2 Å². The SMILES string of the molecule is CNC(=O)c1ccc(S(=O)(=O)Nc2ccc3c(c2)OCCO3)cc1. The molecule has 0 saturated heterocycles. The predicted molar refractivity (Wildman–Crippen MR) is 88.1 cm³/mol. The summed E-state index contributed by atoms with van der Waals surface area (Å²) in [6.45, 7) is 0.889. The van der Waals surface area contributed by atoms with Crippen LogP contribution in [0.1, 0.15) is 10.4 Å². The molecule has 0 bridgehead atoms. The Morgan fingerprint density at radius 2 is 1.67 bits per heavy atom. The predicted octanol–water partition coefficient (Wildman–Crippen LogP) is 1.62. The van der Waals surface area contributed by atoms with Gasteiger partial charge in [0.1, 0.15) is 13.2 Å². The normalized spacial score (nSPS) is 13.2. The van der Waals surface area contributed by atoms with Gasteiger partial charge in [0.25, 0.3) is 15.9 Å². The van der Waals surface area contributed by atoms with Crippen molar-refractivity contribution in [2.24, 2.45) is 0 Å². The lowest BCUT2D eigenvalue weighted by Crippen LogP contribution is -2.18. The van der Waals surface area contributed by atoms with Gasteiger partial charge in [-0.3, -0.25) is 9.52 Å². The summed E-state index contributed by atoms with van der Waals surface area (Å²) in [7, 11) is -2.26. The molecule has 1 heterocycles. The number of fused-ring (bicyclic) bond motifs is 1. The van der Waals surface area contributed by atoms with Crippen LogP contribution >= 0.6 is 0 Å². The van der Waals surface area contributed by atoms with E-state index < -0.39 is 10.0 Å². The fourth-order valence-corrected chi connectivity index (χ4v) is 3.30. The Hall–Kier alpha value is -2.74. The number of nitrogens with one attached hydrogen (secondary N) is 2. The maximum atomic E-state index is 12.4. The zero-order valence-electron chi connectivity index (χ0n) is 12.9. The van der Waals surface area contributed by atoms with Crippen molar-refractivity contribution in [3.05, 3.63) is 48.0 Å². The van der Waals surface area contributed by atoms with Crippen LogP contribution in [0.15, 0.2) is 47.4 Å². The molecule has 0 unspecified atom stereocenters. The molecular formula is C16H16N2O5S. The highest BCUT2D eigenvalue weighted by atomic mass is 32.2. The van der Waals surface area contributed by atoms with Crippen molar-refractivity contribution in [2.75, 3.05) is 25.0 Å². The van der Waals surface area contributed by atoms with Crippen molar-refractivity contribution in [1.82, 2.24) is 5.32 Å². The van der Waals surface area contributed by atoms with Gasteiger partial charge in [-0.25, -0.2) is 8.42 Å². The highest BCUT2D eigenvalue weighted by Gasteiger charge is 2.17. The summed E-state index contributed by atoms with van der Waals surface area (Å²) in [6, 6.07) is 10.5. The number of carbonyl (C=O) groups excluding carboxylic acids is 1. The monoisotopic (exact) mass is 348 g/mol. The van der Waals surface area contributed by atoms with Gasteiger partial charge in [-0.2, -0.15) is 0 Å². The van der Waals surface area contributed by atoms with Gasteiger partial charge in [0.05, 0.1) is 10.6 Å². The molecule has 8 heteroatoms. The summed E-state index contributed by atoms with van der Waals surface area (Å²) in [5.41, 5.74) is 0.755. The van der Waals surface area contributed by atoms with Crippen LogP contribution in [0.3, 0.4) is 0 Å². The first-order chi connectivity index (χ1) is 11.5. The maximum absolute atomic E-state index is 12.4. The van der Waals surface area contributed by atoms with Gasteiger partial charge in [-0.15, -0.1) is 0 Å². The topological polar surface area (TPSA) is 93.7 Å². The van der Waals surface area contributed by atoms with Crippen LogP contribution in [0.2, 0.25) is 0 Å². The van der Waals surface area contributed by atoms with E-state index in [2.05, 4.69) is 10.0 Å². The van der Waals surface area contributed by atoms with Crippen molar-refractivity contribution in [1.29, 1.82) is 0 Å². The molecule has 1 aliphatic rings. The molecule has 0 aliphatic carbocycles. The molecule has 0 fully saturated rings. The molecule has 0 saturated carbocycles. The number of benzene rings is 2. The summed E-state index contributed by atoms with van der Waals surface area (Å²) in [4.78, 5) is 11.6. The van der Waals surface area contributed by atoms with Crippen molar-refractivity contribution in [2.45, 2.75) is 4.90 Å². The molecule has 0 spiro atoms. The zero-order valence-corrected chi connectivity index (χ0v) is 13.7. The van der Waals surface area contributed by atoms with Crippen molar-refractivity contribution < 1.29 is 22.7 Å². The van der Waals surface area contributed by atoms with E-state index >= 15 is 0 Å². The number of rotatable bonds is 4. The highest BCUT2D eigenvalue weighted by Crippen LogP contribution is 2.33. The number of anilines is 1. The Balaban J connectivity index is 1.82. The second-order valence-electron chi connectivity index (χ2n) is 5.07. The molecule has 0 radical (unpaired) electrons. The van der Waals surface area contributed by atoms with Crippen LogP contribution in [0.25, 0.3) is 0 Å². The number of amides is 1. The van der Waals surface area contributed by atoms with Gasteiger partial charge in [-0.1, -0.05) is 0 Å². The van der Waals surface area contributed by atoms with Crippen LogP contribution in [0.5, 0.6) is 11.5 Å². The quantitative estimate of drug-likeness (QED) is 0.876. The Labute approximate surface area is 139 Å². The summed E-state index contributed by atoms with van der Waals surface area (Å²) < 4.78 is 38.2. The van der Waals surface area contributed by atoms with E-state index in [4.69, 9.17) is 9.47 Å². The number of hydrogen-bond donors (Lipinski definition) is 2. The molecule has 1 aliphatic heterocycles. The third kappa shape index (κ3) is 3.28. The van der Waals surface area contributed by atoms with Gasteiger partial charge in [-0.05, 0) is 36.4 Å². The summed E-state index contributed by atoms with van der Waals surface area (Å²) in [5, 5.41) is 2.48. The van der Waals surface area contributed by atoms with Gasteiger partial charge in [0, 0.05) is 18.7 Å². The first kappa shape index (κ1) is 16.1. The molecule has 7 nitrogen and oxygen atoms in total. The molecule has 0 atom stereocenters. The first-order valence-electron chi connectivity index (χ1n) is 7.24. The van der Waals surface area contributed by atoms with Crippen molar-refractivity contribution in [3.8, 4) is 11.5 Å². The Bertz CT molecular complexity index is 863. The molecule has 24 heavy (non-hydrogen) atoms. The molecule has 126 valence electrons. The lowest BCUT2D eigenvalue weighted by Gasteiger charge is -2.19. The van der Waals surface area contributed by atoms with Gasteiger partial charge >= 0.3 is 0 Å². The van der Waals surface area contributed by atoms with E-state index in [0.29, 0.717) is 36.0 Å². The largest absolute Gasteiger partial charge is 0.486 e. The van der Waals surface area contributed by atoms with E-state index in [-0.39, 0.29) is 10.8 Å². The summed E-state index contributed by atoms with van der Waals surface area (Å²) >= 11 is 0. The van der Waals surface area contributed by atoms with Crippen LogP contribution in [0, 0.1) is 0 Å². The first-order valence-corrected chi connectivity index (χ1v) is 8.72. The average molecular weight is 348 g/mol. The summed E-state index contributed by atoms with van der Waals surface area (Å²) in [6.07, 6.45) is 0. The molecule has 2 aromatic carbocycles. The van der Waals surface area contributed by atoms with Gasteiger partial charge in [0.15, 0.2) is 11.5 Å². The van der Waals surface area contributed by atoms with Crippen LogP contribution < -0.4 is 19.5 Å². The van der Waals surface area contributed by atoms with Crippen molar-refractivity contribution >= 4 is 21.6 Å². The minimum atomic E-state index is -3.77. The molecule has 2 aromatic rings. The van der Waals surface area contributed by atoms with Crippen LogP contribution in [-0.2, 0) is 10.0 Å². The molecule has 3 rings (SSSR count). The van der Waals surface area contributed by atoms with E-state index in [1.807, 2.05) is 0 Å². The Morgan fingerprint density at radius 3 is 2.33 bits per heavy atom. The highest BCUT2D eigenvalue weighted by molar-refractivity contribution is 7.92. The second kappa shape index (κ2) is 6.40. The Morgan fingerprint density at radius 1 is 1.00 bits per heavy atom. The maximum Gasteiger partial charge on any atom is 0.261 e. The van der Waals surface area contributed by atoms with E-state index in [1.54, 1.807) is 18.2 Å². The second-order valence-corrected chi connectivity index (χ2v) is 6.75. The standard InChI is InChI=1S/C16H16N2O5S/c1-17-16(19)11-2-5-13(6-3-11)24(20,21)18-12-4-7-14-15(10-12)23-9-8-22-14/h2-7,10,18H,8-9H2,1H3,(H,17,19).